The molecule has 1 aromatic rings. The molecule has 2 rings (SSSR count). The van der Waals surface area contributed by atoms with Crippen molar-refractivity contribution in [3.63, 3.8) is 0 Å². The molecule has 0 spiro atoms. The number of amides is 1. The van der Waals surface area contributed by atoms with E-state index in [1.807, 2.05) is 4.90 Å². The van der Waals surface area contributed by atoms with E-state index >= 15 is 0 Å². The first-order valence-corrected chi connectivity index (χ1v) is 5.71. The summed E-state index contributed by atoms with van der Waals surface area (Å²) in [5, 5.41) is 0. The molecule has 1 saturated heterocycles. The van der Waals surface area contributed by atoms with Crippen LogP contribution in [0.5, 0.6) is 0 Å². The highest BCUT2D eigenvalue weighted by molar-refractivity contribution is 5.82. The van der Waals surface area contributed by atoms with Crippen molar-refractivity contribution in [2.24, 2.45) is 0 Å². The maximum Gasteiger partial charge on any atom is 0.241 e. The summed E-state index contributed by atoms with van der Waals surface area (Å²) in [6.07, 6.45) is 0. The number of nitrogens with zero attached hydrogens (tertiary/aromatic N) is 4. The molecule has 0 radical (unpaired) electrons. The highest BCUT2D eigenvalue weighted by atomic mass is 16.5. The number of likely N-dealkylation sites (N-methyl/N-ethyl adjacent to an activating group) is 1. The summed E-state index contributed by atoms with van der Waals surface area (Å²) in [4.78, 5) is 23.7. The molecule has 0 atom stereocenters. The first-order chi connectivity index (χ1) is 8.60. The van der Waals surface area contributed by atoms with E-state index in [4.69, 9.17) is 10.5 Å². The number of nitrogen functional groups attached to an aromatic ring is 1. The molecule has 1 aromatic heterocycles. The Balaban J connectivity index is 2.19. The van der Waals surface area contributed by atoms with Gasteiger partial charge in [0.05, 0.1) is 6.54 Å². The second-order valence-corrected chi connectivity index (χ2v) is 4.24. The van der Waals surface area contributed by atoms with E-state index in [2.05, 4.69) is 9.97 Å². The third-order valence-corrected chi connectivity index (χ3v) is 2.83. The molecule has 7 heteroatoms. The van der Waals surface area contributed by atoms with E-state index in [0.717, 1.165) is 6.54 Å². The lowest BCUT2D eigenvalue weighted by Crippen LogP contribution is -2.48. The summed E-state index contributed by atoms with van der Waals surface area (Å²) in [6.45, 7) is 2.05. The molecule has 0 aromatic carbocycles. The quantitative estimate of drug-likeness (QED) is 0.778. The fourth-order valence-electron chi connectivity index (χ4n) is 1.81. The zero-order valence-electron chi connectivity index (χ0n) is 10.6. The fraction of sp³-hybridized carbons (Fsp3) is 0.545. The van der Waals surface area contributed by atoms with Crippen molar-refractivity contribution in [2.45, 2.75) is 6.61 Å². The Morgan fingerprint density at radius 1 is 1.44 bits per heavy atom. The Kier molecular flexibility index (Phi) is 3.61. The topological polar surface area (TPSA) is 84.6 Å². The molecule has 0 aliphatic carbocycles. The summed E-state index contributed by atoms with van der Waals surface area (Å²) >= 11 is 0. The monoisotopic (exact) mass is 251 g/mol. The van der Waals surface area contributed by atoms with Gasteiger partial charge in [-0.2, -0.15) is 0 Å². The molecule has 2 heterocycles. The number of carbonyl (C=O) groups excluding carboxylic acids is 1. The molecular weight excluding hydrogens is 234 g/mol. The van der Waals surface area contributed by atoms with Crippen LogP contribution in [0.15, 0.2) is 6.07 Å². The van der Waals surface area contributed by atoms with Crippen LogP contribution < -0.4 is 10.6 Å². The van der Waals surface area contributed by atoms with Crippen molar-refractivity contribution in [1.29, 1.82) is 0 Å². The third-order valence-electron chi connectivity index (χ3n) is 2.83. The van der Waals surface area contributed by atoms with Crippen LogP contribution in [-0.2, 0) is 16.1 Å². The van der Waals surface area contributed by atoms with Gasteiger partial charge in [-0.1, -0.05) is 0 Å². The summed E-state index contributed by atoms with van der Waals surface area (Å²) < 4.78 is 4.99. The van der Waals surface area contributed by atoms with Gasteiger partial charge in [-0.25, -0.2) is 9.97 Å². The number of nitrogens with two attached hydrogens (primary N) is 1. The lowest BCUT2D eigenvalue weighted by atomic mass is 10.3. The maximum absolute atomic E-state index is 11.7. The minimum Gasteiger partial charge on any atom is -0.384 e. The van der Waals surface area contributed by atoms with Crippen LogP contribution in [0.3, 0.4) is 0 Å². The van der Waals surface area contributed by atoms with Crippen molar-refractivity contribution in [3.8, 4) is 0 Å². The summed E-state index contributed by atoms with van der Waals surface area (Å²) in [7, 11) is 3.37. The smallest absolute Gasteiger partial charge is 0.241 e. The van der Waals surface area contributed by atoms with Gasteiger partial charge in [-0.3, -0.25) is 4.79 Å². The summed E-state index contributed by atoms with van der Waals surface area (Å²) in [5.74, 6) is 1.67. The number of aromatic nitrogens is 2. The Hall–Kier alpha value is -1.89. The fourth-order valence-corrected chi connectivity index (χ4v) is 1.81. The van der Waals surface area contributed by atoms with Gasteiger partial charge in [0.25, 0.3) is 0 Å². The third kappa shape index (κ3) is 2.67. The van der Waals surface area contributed by atoms with Crippen LogP contribution in [0, 0.1) is 0 Å². The van der Waals surface area contributed by atoms with E-state index in [1.165, 1.54) is 0 Å². The molecule has 1 aliphatic rings. The molecule has 0 bridgehead atoms. The first-order valence-electron chi connectivity index (χ1n) is 5.71. The molecule has 0 unspecified atom stereocenters. The molecule has 18 heavy (non-hydrogen) atoms. The number of carbonyl (C=O) groups is 1. The predicted octanol–water partition coefficient (Wildman–Crippen LogP) is -0.516. The molecular formula is C11H17N5O2. The van der Waals surface area contributed by atoms with E-state index in [9.17, 15) is 4.79 Å². The van der Waals surface area contributed by atoms with Crippen LogP contribution >= 0.6 is 0 Å². The predicted molar refractivity (Wildman–Crippen MR) is 67.0 cm³/mol. The Labute approximate surface area is 106 Å². The van der Waals surface area contributed by atoms with Gasteiger partial charge in [0.2, 0.25) is 5.91 Å². The van der Waals surface area contributed by atoms with Crippen molar-refractivity contribution < 1.29 is 9.53 Å². The van der Waals surface area contributed by atoms with Crippen LogP contribution in [0.4, 0.5) is 11.6 Å². The van der Waals surface area contributed by atoms with Crippen LogP contribution in [0.25, 0.3) is 0 Å². The lowest BCUT2D eigenvalue weighted by molar-refractivity contribution is -0.129. The molecule has 7 nitrogen and oxygen atoms in total. The van der Waals surface area contributed by atoms with Gasteiger partial charge >= 0.3 is 0 Å². The van der Waals surface area contributed by atoms with Crippen LogP contribution in [-0.4, -0.2) is 54.6 Å². The second-order valence-electron chi connectivity index (χ2n) is 4.24. The standard InChI is InChI=1S/C11H17N5O2/c1-15-3-4-16(6-11(15)17)10-5-8(12)13-9(14-10)7-18-2/h5H,3-4,6-7H2,1-2H3,(H2,12,13,14). The van der Waals surface area contributed by atoms with E-state index in [-0.39, 0.29) is 5.91 Å². The highest BCUT2D eigenvalue weighted by Crippen LogP contribution is 2.16. The number of rotatable bonds is 3. The lowest BCUT2D eigenvalue weighted by Gasteiger charge is -2.32. The molecule has 1 amide bonds. The van der Waals surface area contributed by atoms with Gasteiger partial charge in [0.1, 0.15) is 18.2 Å². The average molecular weight is 251 g/mol. The van der Waals surface area contributed by atoms with Gasteiger partial charge < -0.3 is 20.3 Å². The van der Waals surface area contributed by atoms with Crippen LogP contribution in [0.1, 0.15) is 5.82 Å². The Morgan fingerprint density at radius 3 is 2.89 bits per heavy atom. The number of methoxy groups -OCH3 is 1. The molecule has 2 N–H and O–H groups in total. The van der Waals surface area contributed by atoms with E-state index in [0.29, 0.717) is 37.2 Å². The van der Waals surface area contributed by atoms with Crippen LogP contribution in [0.2, 0.25) is 0 Å². The normalized spacial score (nSPS) is 16.2. The molecule has 98 valence electrons. The molecule has 1 fully saturated rings. The second kappa shape index (κ2) is 5.18. The minimum atomic E-state index is 0.0757. The summed E-state index contributed by atoms with van der Waals surface area (Å²) in [6, 6.07) is 1.68. The average Bonchev–Trinajstić information content (AvgIpc) is 2.32. The summed E-state index contributed by atoms with van der Waals surface area (Å²) in [5.41, 5.74) is 5.73. The molecule has 1 aliphatic heterocycles. The van der Waals surface area contributed by atoms with Gasteiger partial charge in [0.15, 0.2) is 5.82 Å². The Bertz CT molecular complexity index is 451. The number of piperazine rings is 1. The van der Waals surface area contributed by atoms with Gasteiger partial charge in [-0.15, -0.1) is 0 Å². The zero-order chi connectivity index (χ0) is 13.1. The van der Waals surface area contributed by atoms with E-state index < -0.39 is 0 Å². The maximum atomic E-state index is 11.7. The Morgan fingerprint density at radius 2 is 2.22 bits per heavy atom. The van der Waals surface area contributed by atoms with E-state index in [1.54, 1.807) is 25.1 Å². The van der Waals surface area contributed by atoms with Gasteiger partial charge in [0, 0.05) is 33.3 Å². The van der Waals surface area contributed by atoms with Crippen molar-refractivity contribution in [1.82, 2.24) is 14.9 Å². The number of hydrogen-bond acceptors (Lipinski definition) is 6. The van der Waals surface area contributed by atoms with Crippen molar-refractivity contribution in [2.75, 3.05) is 44.4 Å². The number of ether oxygens (including phenoxy) is 1. The largest absolute Gasteiger partial charge is 0.384 e. The number of hydrogen-bond donors (Lipinski definition) is 1. The van der Waals surface area contributed by atoms with Crippen molar-refractivity contribution >= 4 is 17.5 Å². The SMILES string of the molecule is COCc1nc(N)cc(N2CCN(C)C(=O)C2)n1. The first kappa shape index (κ1) is 12.6. The zero-order valence-corrected chi connectivity index (χ0v) is 10.6. The van der Waals surface area contributed by atoms with Crippen molar-refractivity contribution in [3.05, 3.63) is 11.9 Å². The molecule has 0 saturated carbocycles. The highest BCUT2D eigenvalue weighted by Gasteiger charge is 2.22. The van der Waals surface area contributed by atoms with Gasteiger partial charge in [-0.05, 0) is 0 Å². The minimum absolute atomic E-state index is 0.0757. The number of anilines is 2.